The summed E-state index contributed by atoms with van der Waals surface area (Å²) >= 11 is 0. The van der Waals surface area contributed by atoms with Gasteiger partial charge in [-0.1, -0.05) is 70.6 Å². The van der Waals surface area contributed by atoms with E-state index >= 15 is 0 Å². The topological polar surface area (TPSA) is 72.2 Å². The van der Waals surface area contributed by atoms with E-state index < -0.39 is 0 Å². The molecule has 0 aromatic heterocycles. The van der Waals surface area contributed by atoms with E-state index in [1.165, 1.54) is 83.5 Å². The van der Waals surface area contributed by atoms with Gasteiger partial charge in [0.25, 0.3) is 0 Å². The summed E-state index contributed by atoms with van der Waals surface area (Å²) in [6.45, 7) is 1.98. The van der Waals surface area contributed by atoms with E-state index in [9.17, 15) is 0 Å². The zero-order valence-corrected chi connectivity index (χ0v) is 13.6. The summed E-state index contributed by atoms with van der Waals surface area (Å²) in [5.74, 6) is 0. The Balaban J connectivity index is 2.00. The molecule has 0 radical (unpaired) electrons. The highest BCUT2D eigenvalue weighted by Gasteiger charge is 1.95. The van der Waals surface area contributed by atoms with Crippen LogP contribution in [0.5, 0.6) is 0 Å². The third kappa shape index (κ3) is 14.5. The van der Waals surface area contributed by atoms with Crippen LogP contribution in [0.4, 0.5) is 0 Å². The Morgan fingerprint density at radius 3 is 0.905 bits per heavy atom. The smallest absolute Gasteiger partial charge is 0.0113 e. The average Bonchev–Trinajstić information content (AvgIpc) is 2.50. The highest BCUT2D eigenvalue weighted by Crippen LogP contribution is 2.12. The summed E-state index contributed by atoms with van der Waals surface area (Å²) in [5.41, 5.74) is 17.7. The van der Waals surface area contributed by atoms with Crippen LogP contribution in [-0.4, -0.2) is 13.1 Å². The predicted molar refractivity (Wildman–Crippen MR) is 88.6 cm³/mol. The Hall–Kier alpha value is -0.240. The number of nitrogens with one attached hydrogen (secondary N) is 6. The van der Waals surface area contributed by atoms with Crippen LogP contribution in [0.3, 0.4) is 0 Å². The van der Waals surface area contributed by atoms with Gasteiger partial charge < -0.3 is 0 Å². The highest BCUT2D eigenvalue weighted by atomic mass is 15.8. The highest BCUT2D eigenvalue weighted by molar-refractivity contribution is 4.50. The van der Waals surface area contributed by atoms with Crippen molar-refractivity contribution in [2.45, 2.75) is 83.5 Å². The first-order valence-electron chi connectivity index (χ1n) is 8.96. The van der Waals surface area contributed by atoms with Crippen molar-refractivity contribution < 1.29 is 0 Å². The molecule has 0 spiro atoms. The molecule has 6 N–H and O–H groups in total. The molecule has 0 atom stereocenters. The van der Waals surface area contributed by atoms with Crippen molar-refractivity contribution in [3.8, 4) is 0 Å². The first kappa shape index (κ1) is 18.8. The normalized spacial score (nSPS) is 24.0. The van der Waals surface area contributed by atoms with Gasteiger partial charge in [0, 0.05) is 13.1 Å². The zero-order chi connectivity index (χ0) is 14.8. The maximum absolute atomic E-state index is 3.12. The van der Waals surface area contributed by atoms with E-state index in [4.69, 9.17) is 0 Å². The summed E-state index contributed by atoms with van der Waals surface area (Å²) in [4.78, 5) is 0. The average molecular weight is 300 g/mol. The summed E-state index contributed by atoms with van der Waals surface area (Å²) < 4.78 is 0. The molecule has 1 saturated heterocycles. The van der Waals surface area contributed by atoms with Crippen molar-refractivity contribution in [3.63, 3.8) is 0 Å². The molecule has 1 aliphatic rings. The van der Waals surface area contributed by atoms with E-state index in [1.807, 2.05) is 0 Å². The molecular formula is C15H36N6. The minimum Gasteiger partial charge on any atom is -0.243 e. The van der Waals surface area contributed by atoms with Gasteiger partial charge in [-0.2, -0.15) is 22.1 Å². The molecule has 0 aromatic rings. The van der Waals surface area contributed by atoms with Crippen molar-refractivity contribution in [3.05, 3.63) is 0 Å². The third-order valence-corrected chi connectivity index (χ3v) is 3.97. The van der Waals surface area contributed by atoms with Gasteiger partial charge in [-0.3, -0.25) is 0 Å². The van der Waals surface area contributed by atoms with Gasteiger partial charge in [-0.15, -0.1) is 0 Å². The van der Waals surface area contributed by atoms with Crippen molar-refractivity contribution in [1.82, 2.24) is 33.0 Å². The molecule has 0 unspecified atom stereocenters. The fraction of sp³-hybridized carbons (Fsp3) is 1.00. The maximum Gasteiger partial charge on any atom is 0.0113 e. The SMILES string of the molecule is C1CCCCCCCNNNNNNCCCCCCC1. The summed E-state index contributed by atoms with van der Waals surface area (Å²) in [7, 11) is 0. The minimum absolute atomic E-state index is 0.988. The van der Waals surface area contributed by atoms with E-state index in [-0.39, 0.29) is 0 Å². The lowest BCUT2D eigenvalue weighted by Crippen LogP contribution is -2.58. The monoisotopic (exact) mass is 300 g/mol. The molecule has 0 saturated carbocycles. The van der Waals surface area contributed by atoms with Crippen molar-refractivity contribution in [1.29, 1.82) is 0 Å². The fourth-order valence-electron chi connectivity index (χ4n) is 2.65. The Labute approximate surface area is 130 Å². The first-order valence-corrected chi connectivity index (χ1v) is 8.96. The Kier molecular flexibility index (Phi) is 14.5. The van der Waals surface area contributed by atoms with Gasteiger partial charge >= 0.3 is 0 Å². The number of hydrazine groups is 5. The molecule has 126 valence electrons. The zero-order valence-electron chi connectivity index (χ0n) is 13.6. The predicted octanol–water partition coefficient (Wildman–Crippen LogP) is 2.18. The molecule has 1 heterocycles. The van der Waals surface area contributed by atoms with Crippen molar-refractivity contribution in [2.24, 2.45) is 0 Å². The quantitative estimate of drug-likeness (QED) is 0.412. The molecule has 0 amide bonds. The van der Waals surface area contributed by atoms with Gasteiger partial charge in [0.05, 0.1) is 0 Å². The maximum atomic E-state index is 3.12. The number of hydrogen-bond acceptors (Lipinski definition) is 6. The van der Waals surface area contributed by atoms with Crippen molar-refractivity contribution >= 4 is 0 Å². The Morgan fingerprint density at radius 2 is 0.571 bits per heavy atom. The molecule has 6 nitrogen and oxygen atoms in total. The lowest BCUT2D eigenvalue weighted by molar-refractivity contribution is 0.292. The number of rotatable bonds is 0. The summed E-state index contributed by atoms with van der Waals surface area (Å²) in [5, 5.41) is 0. The van der Waals surface area contributed by atoms with Crippen LogP contribution in [0.15, 0.2) is 0 Å². The number of hydrogen-bond donors (Lipinski definition) is 6. The molecule has 0 bridgehead atoms. The molecule has 6 heteroatoms. The molecule has 1 fully saturated rings. The van der Waals surface area contributed by atoms with Crippen LogP contribution in [0.25, 0.3) is 0 Å². The standard InChI is InChI=1S/C15H36N6/c1-2-4-6-8-10-12-14-16-18-20-21-19-17-15-13-11-9-7-5-3-1/h16-21H,1-15H2. The van der Waals surface area contributed by atoms with E-state index in [0.29, 0.717) is 0 Å². The third-order valence-electron chi connectivity index (χ3n) is 3.97. The van der Waals surface area contributed by atoms with Gasteiger partial charge in [-0.05, 0) is 12.8 Å². The molecule has 21 heavy (non-hydrogen) atoms. The van der Waals surface area contributed by atoms with Gasteiger partial charge in [-0.25, -0.2) is 10.9 Å². The second-order valence-corrected chi connectivity index (χ2v) is 5.95. The second-order valence-electron chi connectivity index (χ2n) is 5.95. The Morgan fingerprint density at radius 1 is 0.286 bits per heavy atom. The van der Waals surface area contributed by atoms with Crippen LogP contribution in [-0.2, 0) is 0 Å². The van der Waals surface area contributed by atoms with Crippen LogP contribution >= 0.6 is 0 Å². The van der Waals surface area contributed by atoms with Gasteiger partial charge in [0.2, 0.25) is 0 Å². The second kappa shape index (κ2) is 16.1. The molecule has 1 rings (SSSR count). The van der Waals surface area contributed by atoms with Gasteiger partial charge in [0.1, 0.15) is 0 Å². The van der Waals surface area contributed by atoms with Crippen LogP contribution in [0, 0.1) is 0 Å². The van der Waals surface area contributed by atoms with E-state index in [0.717, 1.165) is 13.1 Å². The van der Waals surface area contributed by atoms with Crippen molar-refractivity contribution in [2.75, 3.05) is 13.1 Å². The molecule has 0 aromatic carbocycles. The lowest BCUT2D eigenvalue weighted by atomic mass is 10.0. The van der Waals surface area contributed by atoms with E-state index in [1.54, 1.807) is 0 Å². The van der Waals surface area contributed by atoms with E-state index in [2.05, 4.69) is 33.0 Å². The fourth-order valence-corrected chi connectivity index (χ4v) is 2.65. The Bertz CT molecular complexity index is 110. The van der Waals surface area contributed by atoms with Crippen LogP contribution < -0.4 is 33.0 Å². The molecule has 1 aliphatic heterocycles. The minimum atomic E-state index is 0.988. The van der Waals surface area contributed by atoms with Crippen LogP contribution in [0.2, 0.25) is 0 Å². The first-order chi connectivity index (χ1) is 10.5. The summed E-state index contributed by atoms with van der Waals surface area (Å²) in [6.07, 6.45) is 17.8. The van der Waals surface area contributed by atoms with Crippen LogP contribution in [0.1, 0.15) is 83.5 Å². The molecular weight excluding hydrogens is 264 g/mol. The summed E-state index contributed by atoms with van der Waals surface area (Å²) in [6, 6.07) is 0. The van der Waals surface area contributed by atoms with Gasteiger partial charge in [0.15, 0.2) is 0 Å². The molecule has 0 aliphatic carbocycles. The largest absolute Gasteiger partial charge is 0.243 e. The lowest BCUT2D eigenvalue weighted by Gasteiger charge is -2.11.